The fraction of sp³-hybridized carbons (Fsp3) is 0.923. The van der Waals surface area contributed by atoms with Crippen LogP contribution in [0.3, 0.4) is 0 Å². The normalized spacial score (nSPS) is 25.9. The first kappa shape index (κ1) is 12.5. The van der Waals surface area contributed by atoms with Gasteiger partial charge in [0.1, 0.15) is 0 Å². The molecular weight excluding hydrogens is 186 g/mol. The summed E-state index contributed by atoms with van der Waals surface area (Å²) in [5.41, 5.74) is 0. The minimum atomic E-state index is 0.123. The van der Waals surface area contributed by atoms with Gasteiger partial charge in [-0.3, -0.25) is 4.79 Å². The summed E-state index contributed by atoms with van der Waals surface area (Å²) >= 11 is 0. The number of nitrogens with one attached hydrogen (secondary N) is 1. The van der Waals surface area contributed by atoms with Gasteiger partial charge in [-0.15, -0.1) is 0 Å². The number of carbonyl (C=O) groups excluding carboxylic acids is 1. The van der Waals surface area contributed by atoms with Crippen molar-refractivity contribution in [1.29, 1.82) is 0 Å². The number of unbranched alkanes of at least 4 members (excludes halogenated alkanes) is 1. The Bertz CT molecular complexity index is 201. The van der Waals surface area contributed by atoms with Gasteiger partial charge >= 0.3 is 0 Å². The Hall–Kier alpha value is -0.530. The van der Waals surface area contributed by atoms with Crippen molar-refractivity contribution in [2.24, 2.45) is 11.8 Å². The monoisotopic (exact) mass is 211 g/mol. The number of amides is 1. The van der Waals surface area contributed by atoms with Gasteiger partial charge in [-0.25, -0.2) is 0 Å². The van der Waals surface area contributed by atoms with Gasteiger partial charge in [-0.2, -0.15) is 0 Å². The van der Waals surface area contributed by atoms with E-state index in [4.69, 9.17) is 0 Å². The maximum absolute atomic E-state index is 11.6. The van der Waals surface area contributed by atoms with Gasteiger partial charge in [0.15, 0.2) is 0 Å². The van der Waals surface area contributed by atoms with E-state index in [1.807, 2.05) is 13.8 Å². The molecular formula is C13H25NO. The van der Waals surface area contributed by atoms with Crippen LogP contribution in [0.2, 0.25) is 0 Å². The van der Waals surface area contributed by atoms with E-state index in [1.54, 1.807) is 0 Å². The van der Waals surface area contributed by atoms with E-state index in [0.29, 0.717) is 6.04 Å². The topological polar surface area (TPSA) is 29.1 Å². The van der Waals surface area contributed by atoms with Gasteiger partial charge in [0.05, 0.1) is 0 Å². The van der Waals surface area contributed by atoms with Crippen molar-refractivity contribution in [3.05, 3.63) is 0 Å². The molecule has 0 aromatic carbocycles. The van der Waals surface area contributed by atoms with Crippen LogP contribution in [0, 0.1) is 11.8 Å². The summed E-state index contributed by atoms with van der Waals surface area (Å²) < 4.78 is 0. The van der Waals surface area contributed by atoms with Gasteiger partial charge < -0.3 is 5.32 Å². The highest BCUT2D eigenvalue weighted by atomic mass is 16.1. The summed E-state index contributed by atoms with van der Waals surface area (Å²) in [5.74, 6) is 1.09. The summed E-state index contributed by atoms with van der Waals surface area (Å²) in [6.45, 7) is 6.16. The second kappa shape index (κ2) is 6.14. The third-order valence-corrected chi connectivity index (χ3v) is 3.44. The Morgan fingerprint density at radius 1 is 1.40 bits per heavy atom. The minimum Gasteiger partial charge on any atom is -0.353 e. The molecule has 0 radical (unpaired) electrons. The molecule has 0 heterocycles. The molecule has 0 saturated heterocycles. The van der Waals surface area contributed by atoms with Crippen LogP contribution in [-0.4, -0.2) is 11.9 Å². The highest BCUT2D eigenvalue weighted by Gasteiger charge is 2.28. The summed E-state index contributed by atoms with van der Waals surface area (Å²) in [7, 11) is 0. The Balaban J connectivity index is 2.36. The molecule has 2 nitrogen and oxygen atoms in total. The Labute approximate surface area is 93.8 Å². The molecule has 0 spiro atoms. The lowest BCUT2D eigenvalue weighted by atomic mass is 9.96. The van der Waals surface area contributed by atoms with E-state index in [-0.39, 0.29) is 11.8 Å². The molecule has 2 atom stereocenters. The van der Waals surface area contributed by atoms with Crippen molar-refractivity contribution in [3.8, 4) is 0 Å². The predicted molar refractivity (Wildman–Crippen MR) is 63.6 cm³/mol. The molecule has 2 heteroatoms. The lowest BCUT2D eigenvalue weighted by Crippen LogP contribution is -2.39. The van der Waals surface area contributed by atoms with Gasteiger partial charge in [-0.1, -0.05) is 40.0 Å². The maximum Gasteiger partial charge on any atom is 0.222 e. The Morgan fingerprint density at radius 2 is 2.13 bits per heavy atom. The predicted octanol–water partition coefficient (Wildman–Crippen LogP) is 3.12. The number of hydrogen-bond acceptors (Lipinski definition) is 1. The van der Waals surface area contributed by atoms with E-state index in [0.717, 1.165) is 5.92 Å². The van der Waals surface area contributed by atoms with E-state index < -0.39 is 0 Å². The lowest BCUT2D eigenvalue weighted by molar-refractivity contribution is -0.124. The van der Waals surface area contributed by atoms with Crippen LogP contribution < -0.4 is 5.32 Å². The van der Waals surface area contributed by atoms with Crippen LogP contribution in [0.5, 0.6) is 0 Å². The van der Waals surface area contributed by atoms with Gasteiger partial charge in [0.2, 0.25) is 5.91 Å². The van der Waals surface area contributed by atoms with E-state index in [9.17, 15) is 4.79 Å². The molecule has 88 valence electrons. The molecule has 1 saturated carbocycles. The van der Waals surface area contributed by atoms with Crippen LogP contribution in [-0.2, 0) is 4.79 Å². The highest BCUT2D eigenvalue weighted by Crippen LogP contribution is 2.29. The van der Waals surface area contributed by atoms with Crippen molar-refractivity contribution >= 4 is 5.91 Å². The first-order valence-corrected chi connectivity index (χ1v) is 6.45. The molecule has 1 amide bonds. The molecule has 0 aromatic rings. The van der Waals surface area contributed by atoms with Crippen molar-refractivity contribution in [3.63, 3.8) is 0 Å². The Kier molecular flexibility index (Phi) is 5.13. The van der Waals surface area contributed by atoms with Crippen LogP contribution >= 0.6 is 0 Å². The summed E-state index contributed by atoms with van der Waals surface area (Å²) in [6, 6.07) is 0.464. The lowest BCUT2D eigenvalue weighted by Gasteiger charge is -2.21. The average molecular weight is 211 g/mol. The van der Waals surface area contributed by atoms with Crippen LogP contribution in [0.4, 0.5) is 0 Å². The van der Waals surface area contributed by atoms with Gasteiger partial charge in [-0.05, 0) is 25.2 Å². The first-order chi connectivity index (χ1) is 7.15. The zero-order valence-corrected chi connectivity index (χ0v) is 10.4. The van der Waals surface area contributed by atoms with E-state index in [2.05, 4.69) is 12.2 Å². The fourth-order valence-electron chi connectivity index (χ4n) is 2.39. The Morgan fingerprint density at radius 3 is 2.73 bits per heavy atom. The van der Waals surface area contributed by atoms with Crippen molar-refractivity contribution in [1.82, 2.24) is 5.32 Å². The summed E-state index contributed by atoms with van der Waals surface area (Å²) in [6.07, 6.45) is 7.65. The summed E-state index contributed by atoms with van der Waals surface area (Å²) in [5, 5.41) is 3.20. The number of rotatable bonds is 5. The molecule has 1 aliphatic rings. The van der Waals surface area contributed by atoms with Crippen molar-refractivity contribution in [2.45, 2.75) is 65.3 Å². The third kappa shape index (κ3) is 3.84. The van der Waals surface area contributed by atoms with E-state index >= 15 is 0 Å². The molecule has 0 bridgehead atoms. The molecule has 0 unspecified atom stereocenters. The van der Waals surface area contributed by atoms with Gasteiger partial charge in [0, 0.05) is 12.0 Å². The quantitative estimate of drug-likeness (QED) is 0.743. The molecule has 1 N–H and O–H groups in total. The molecule has 1 rings (SSSR count). The second-order valence-electron chi connectivity index (χ2n) is 5.10. The molecule has 0 aromatic heterocycles. The smallest absolute Gasteiger partial charge is 0.222 e. The summed E-state index contributed by atoms with van der Waals surface area (Å²) in [4.78, 5) is 11.6. The highest BCUT2D eigenvalue weighted by molar-refractivity contribution is 5.78. The van der Waals surface area contributed by atoms with Crippen LogP contribution in [0.1, 0.15) is 59.3 Å². The van der Waals surface area contributed by atoms with Crippen LogP contribution in [0.25, 0.3) is 0 Å². The van der Waals surface area contributed by atoms with E-state index in [1.165, 1.54) is 38.5 Å². The van der Waals surface area contributed by atoms with Crippen molar-refractivity contribution < 1.29 is 4.79 Å². The largest absolute Gasteiger partial charge is 0.353 e. The second-order valence-corrected chi connectivity index (χ2v) is 5.10. The number of carbonyl (C=O) groups is 1. The zero-order valence-electron chi connectivity index (χ0n) is 10.4. The third-order valence-electron chi connectivity index (χ3n) is 3.44. The molecule has 15 heavy (non-hydrogen) atoms. The first-order valence-electron chi connectivity index (χ1n) is 6.45. The number of hydrogen-bond donors (Lipinski definition) is 1. The maximum atomic E-state index is 11.6. The SMILES string of the molecule is CCCC[C@H]1CCC[C@@H]1NC(=O)C(C)C. The van der Waals surface area contributed by atoms with Crippen molar-refractivity contribution in [2.75, 3.05) is 0 Å². The van der Waals surface area contributed by atoms with Crippen LogP contribution in [0.15, 0.2) is 0 Å². The molecule has 1 fully saturated rings. The molecule has 0 aliphatic heterocycles. The standard InChI is InChI=1S/C13H25NO/c1-4-5-7-11-8-6-9-12(11)14-13(15)10(2)3/h10-12H,4-9H2,1-3H3,(H,14,15)/t11-,12-/m0/s1. The average Bonchev–Trinajstić information content (AvgIpc) is 2.62. The molecule has 1 aliphatic carbocycles. The zero-order chi connectivity index (χ0) is 11.3. The van der Waals surface area contributed by atoms with Gasteiger partial charge in [0.25, 0.3) is 0 Å². The minimum absolute atomic E-state index is 0.123. The fourth-order valence-corrected chi connectivity index (χ4v) is 2.39.